The molecule has 0 aliphatic rings. The molecule has 1 rings (SSSR count). The molecule has 1 aromatic heterocycles. The molecule has 0 saturated heterocycles. The largest absolute Gasteiger partial charge is 0.354 e. The van der Waals surface area contributed by atoms with Gasteiger partial charge in [0, 0.05) is 12.1 Å². The Kier molecular flexibility index (Phi) is 5.57. The number of rotatable bonds is 6. The number of hydrogen-bond donors (Lipinski definition) is 2. The van der Waals surface area contributed by atoms with E-state index in [1.807, 2.05) is 0 Å². The summed E-state index contributed by atoms with van der Waals surface area (Å²) < 4.78 is 0. The van der Waals surface area contributed by atoms with Crippen molar-refractivity contribution in [2.45, 2.75) is 59.9 Å². The summed E-state index contributed by atoms with van der Waals surface area (Å²) in [5, 5.41) is 6.67. The smallest absolute Gasteiger partial charge is 0.229 e. The van der Waals surface area contributed by atoms with Crippen molar-refractivity contribution >= 4 is 23.5 Å². The standard InChI is InChI=1S/C14H26ClN5/c1-7-8-16-11-17-10(15)18-12(19-11)20-14(5,6)9-13(2,3)4/h7-9H2,1-6H3,(H2,16,17,18,19,20). The number of halogens is 1. The Labute approximate surface area is 127 Å². The van der Waals surface area contributed by atoms with Crippen molar-refractivity contribution in [1.82, 2.24) is 15.0 Å². The van der Waals surface area contributed by atoms with Crippen LogP contribution in [0.2, 0.25) is 5.28 Å². The van der Waals surface area contributed by atoms with E-state index >= 15 is 0 Å². The number of hydrogen-bond acceptors (Lipinski definition) is 5. The Hall–Kier alpha value is -1.10. The fourth-order valence-electron chi connectivity index (χ4n) is 2.39. The Morgan fingerprint density at radius 3 is 2.15 bits per heavy atom. The van der Waals surface area contributed by atoms with Gasteiger partial charge in [-0.2, -0.15) is 15.0 Å². The second kappa shape index (κ2) is 6.57. The van der Waals surface area contributed by atoms with Crippen molar-refractivity contribution in [3.63, 3.8) is 0 Å². The van der Waals surface area contributed by atoms with Crippen molar-refractivity contribution in [3.8, 4) is 0 Å². The lowest BCUT2D eigenvalue weighted by Crippen LogP contribution is -2.36. The zero-order valence-corrected chi connectivity index (χ0v) is 14.1. The van der Waals surface area contributed by atoms with Crippen LogP contribution < -0.4 is 10.6 Å². The zero-order valence-electron chi connectivity index (χ0n) is 13.3. The maximum Gasteiger partial charge on any atom is 0.229 e. The van der Waals surface area contributed by atoms with Crippen LogP contribution in [-0.2, 0) is 0 Å². The Balaban J connectivity index is 2.83. The second-order valence-electron chi connectivity index (χ2n) is 6.92. The van der Waals surface area contributed by atoms with E-state index in [9.17, 15) is 0 Å². The van der Waals surface area contributed by atoms with Crippen molar-refractivity contribution in [2.24, 2.45) is 5.41 Å². The molecule has 1 aromatic rings. The minimum Gasteiger partial charge on any atom is -0.354 e. The van der Waals surface area contributed by atoms with Gasteiger partial charge >= 0.3 is 0 Å². The molecule has 0 aliphatic carbocycles. The number of nitrogens with one attached hydrogen (secondary N) is 2. The third kappa shape index (κ3) is 6.37. The topological polar surface area (TPSA) is 62.7 Å². The van der Waals surface area contributed by atoms with Gasteiger partial charge in [0.15, 0.2) is 0 Å². The Morgan fingerprint density at radius 1 is 1.00 bits per heavy atom. The molecule has 0 amide bonds. The van der Waals surface area contributed by atoms with E-state index in [4.69, 9.17) is 11.6 Å². The highest BCUT2D eigenvalue weighted by molar-refractivity contribution is 6.28. The van der Waals surface area contributed by atoms with E-state index in [2.05, 4.69) is 67.1 Å². The van der Waals surface area contributed by atoms with Gasteiger partial charge in [-0.1, -0.05) is 27.7 Å². The van der Waals surface area contributed by atoms with Gasteiger partial charge in [0.1, 0.15) is 0 Å². The Bertz CT molecular complexity index is 440. The average molecular weight is 300 g/mol. The van der Waals surface area contributed by atoms with Crippen molar-refractivity contribution in [3.05, 3.63) is 5.28 Å². The molecule has 0 spiro atoms. The van der Waals surface area contributed by atoms with E-state index in [0.717, 1.165) is 19.4 Å². The van der Waals surface area contributed by atoms with Crippen LogP contribution in [0.25, 0.3) is 0 Å². The second-order valence-corrected chi connectivity index (χ2v) is 7.26. The molecule has 20 heavy (non-hydrogen) atoms. The van der Waals surface area contributed by atoms with Crippen molar-refractivity contribution < 1.29 is 0 Å². The molecular formula is C14H26ClN5. The van der Waals surface area contributed by atoms with Gasteiger partial charge in [0.25, 0.3) is 0 Å². The first-order chi connectivity index (χ1) is 9.11. The van der Waals surface area contributed by atoms with Crippen LogP contribution in [-0.4, -0.2) is 27.0 Å². The lowest BCUT2D eigenvalue weighted by molar-refractivity contribution is 0.301. The maximum absolute atomic E-state index is 5.95. The first kappa shape index (κ1) is 17.0. The van der Waals surface area contributed by atoms with Crippen LogP contribution in [0, 0.1) is 5.41 Å². The highest BCUT2D eigenvalue weighted by Gasteiger charge is 2.26. The molecule has 0 atom stereocenters. The van der Waals surface area contributed by atoms with Gasteiger partial charge in [-0.25, -0.2) is 0 Å². The molecule has 0 bridgehead atoms. The molecule has 0 unspecified atom stereocenters. The minimum atomic E-state index is -0.120. The summed E-state index contributed by atoms with van der Waals surface area (Å²) in [4.78, 5) is 12.6. The highest BCUT2D eigenvalue weighted by Crippen LogP contribution is 2.29. The zero-order chi connectivity index (χ0) is 15.4. The van der Waals surface area contributed by atoms with Crippen LogP contribution >= 0.6 is 11.6 Å². The van der Waals surface area contributed by atoms with Crippen LogP contribution in [0.15, 0.2) is 0 Å². The van der Waals surface area contributed by atoms with Crippen LogP contribution in [0.4, 0.5) is 11.9 Å². The van der Waals surface area contributed by atoms with Crippen LogP contribution in [0.3, 0.4) is 0 Å². The summed E-state index contributed by atoms with van der Waals surface area (Å²) in [6.45, 7) is 13.8. The monoisotopic (exact) mass is 299 g/mol. The summed E-state index contributed by atoms with van der Waals surface area (Å²) in [5.74, 6) is 1.03. The lowest BCUT2D eigenvalue weighted by atomic mass is 9.82. The molecule has 0 aromatic carbocycles. The average Bonchev–Trinajstić information content (AvgIpc) is 2.21. The van der Waals surface area contributed by atoms with Crippen molar-refractivity contribution in [1.29, 1.82) is 0 Å². The van der Waals surface area contributed by atoms with Gasteiger partial charge in [-0.15, -0.1) is 0 Å². The predicted molar refractivity (Wildman–Crippen MR) is 85.4 cm³/mol. The maximum atomic E-state index is 5.95. The predicted octanol–water partition coefficient (Wildman–Crippen LogP) is 3.97. The quantitative estimate of drug-likeness (QED) is 0.832. The summed E-state index contributed by atoms with van der Waals surface area (Å²) in [5.41, 5.74) is 0.0988. The summed E-state index contributed by atoms with van der Waals surface area (Å²) >= 11 is 5.95. The van der Waals surface area contributed by atoms with Crippen LogP contribution in [0.1, 0.15) is 54.4 Å². The summed E-state index contributed by atoms with van der Waals surface area (Å²) in [6, 6.07) is 0. The molecule has 6 heteroatoms. The first-order valence-corrected chi connectivity index (χ1v) is 7.43. The normalized spacial score (nSPS) is 12.3. The van der Waals surface area contributed by atoms with Gasteiger partial charge in [0.2, 0.25) is 17.2 Å². The number of anilines is 2. The number of aromatic nitrogens is 3. The van der Waals surface area contributed by atoms with E-state index in [1.165, 1.54) is 0 Å². The number of nitrogens with zero attached hydrogens (tertiary/aromatic N) is 3. The van der Waals surface area contributed by atoms with E-state index in [-0.39, 0.29) is 16.2 Å². The Morgan fingerprint density at radius 2 is 1.60 bits per heavy atom. The van der Waals surface area contributed by atoms with Gasteiger partial charge in [0.05, 0.1) is 0 Å². The molecule has 1 heterocycles. The van der Waals surface area contributed by atoms with Gasteiger partial charge in [-0.3, -0.25) is 0 Å². The van der Waals surface area contributed by atoms with E-state index in [0.29, 0.717) is 11.9 Å². The fourth-order valence-corrected chi connectivity index (χ4v) is 2.55. The van der Waals surface area contributed by atoms with Gasteiger partial charge in [-0.05, 0) is 43.7 Å². The highest BCUT2D eigenvalue weighted by atomic mass is 35.5. The summed E-state index contributed by atoms with van der Waals surface area (Å²) in [7, 11) is 0. The van der Waals surface area contributed by atoms with Gasteiger partial charge < -0.3 is 10.6 Å². The van der Waals surface area contributed by atoms with E-state index < -0.39 is 0 Å². The molecule has 5 nitrogen and oxygen atoms in total. The van der Waals surface area contributed by atoms with Crippen molar-refractivity contribution in [2.75, 3.05) is 17.2 Å². The molecule has 2 N–H and O–H groups in total. The SMILES string of the molecule is CCCNc1nc(Cl)nc(NC(C)(C)CC(C)(C)C)n1. The lowest BCUT2D eigenvalue weighted by Gasteiger charge is -2.33. The first-order valence-electron chi connectivity index (χ1n) is 7.05. The fraction of sp³-hybridized carbons (Fsp3) is 0.786. The molecule has 114 valence electrons. The van der Waals surface area contributed by atoms with Crippen LogP contribution in [0.5, 0.6) is 0 Å². The van der Waals surface area contributed by atoms with E-state index in [1.54, 1.807) is 0 Å². The minimum absolute atomic E-state index is 0.120. The summed E-state index contributed by atoms with van der Waals surface area (Å²) in [6.07, 6.45) is 1.99. The molecule has 0 aliphatic heterocycles. The molecule has 0 fully saturated rings. The molecule has 0 radical (unpaired) electrons. The molecule has 0 saturated carbocycles. The third-order valence-electron chi connectivity index (χ3n) is 2.56. The third-order valence-corrected chi connectivity index (χ3v) is 2.73. The molecular weight excluding hydrogens is 274 g/mol.